The minimum absolute atomic E-state index is 0.319. The van der Waals surface area contributed by atoms with Crippen LogP contribution in [0.5, 0.6) is 0 Å². The van der Waals surface area contributed by atoms with E-state index >= 15 is 0 Å². The van der Waals surface area contributed by atoms with E-state index in [2.05, 4.69) is 39.7 Å². The predicted octanol–water partition coefficient (Wildman–Crippen LogP) is 2.67. The zero-order chi connectivity index (χ0) is 13.6. The number of aryl methyl sites for hydroxylation is 1. The monoisotopic (exact) mass is 255 g/mol. The van der Waals surface area contributed by atoms with Crippen molar-refractivity contribution in [3.8, 4) is 11.4 Å². The van der Waals surface area contributed by atoms with Crippen LogP contribution < -0.4 is 5.73 Å². The summed E-state index contributed by atoms with van der Waals surface area (Å²) < 4.78 is 2.06. The maximum Gasteiger partial charge on any atom is 0.156 e. The Morgan fingerprint density at radius 2 is 2.00 bits per heavy atom. The predicted molar refractivity (Wildman–Crippen MR) is 76.8 cm³/mol. The molecule has 0 saturated carbocycles. The summed E-state index contributed by atoms with van der Waals surface area (Å²) in [5.74, 6) is 1.68. The molecule has 2 heterocycles. The lowest BCUT2D eigenvalue weighted by atomic mass is 10.1. The number of hydrogen-bond acceptors (Lipinski definition) is 3. The number of para-hydroxylation sites is 2. The molecule has 5 heteroatoms. The van der Waals surface area contributed by atoms with Crippen LogP contribution in [0.1, 0.15) is 25.5 Å². The van der Waals surface area contributed by atoms with Crippen molar-refractivity contribution < 1.29 is 0 Å². The molecule has 0 fully saturated rings. The maximum atomic E-state index is 6.01. The van der Waals surface area contributed by atoms with Crippen molar-refractivity contribution in [1.29, 1.82) is 0 Å². The third-order valence-electron chi connectivity index (χ3n) is 3.41. The lowest BCUT2D eigenvalue weighted by Crippen LogP contribution is -1.99. The minimum Gasteiger partial charge on any atom is -0.382 e. The summed E-state index contributed by atoms with van der Waals surface area (Å²) in [6, 6.07) is 8.05. The van der Waals surface area contributed by atoms with Gasteiger partial charge in [0.1, 0.15) is 5.82 Å². The summed E-state index contributed by atoms with van der Waals surface area (Å²) in [7, 11) is 2.00. The first-order valence-electron chi connectivity index (χ1n) is 6.35. The Bertz CT molecular complexity index is 735. The molecule has 0 amide bonds. The number of rotatable bonds is 2. The van der Waals surface area contributed by atoms with Gasteiger partial charge in [0.25, 0.3) is 0 Å². The summed E-state index contributed by atoms with van der Waals surface area (Å²) in [5.41, 5.74) is 10.00. The number of anilines is 1. The van der Waals surface area contributed by atoms with E-state index in [1.165, 1.54) is 0 Å². The van der Waals surface area contributed by atoms with Crippen molar-refractivity contribution in [2.24, 2.45) is 7.05 Å². The quantitative estimate of drug-likeness (QED) is 0.739. The van der Waals surface area contributed by atoms with Gasteiger partial charge < -0.3 is 10.3 Å². The van der Waals surface area contributed by atoms with Crippen LogP contribution in [0.25, 0.3) is 22.4 Å². The van der Waals surface area contributed by atoms with Crippen LogP contribution in [0.3, 0.4) is 0 Å². The van der Waals surface area contributed by atoms with E-state index in [0.717, 1.165) is 28.1 Å². The van der Waals surface area contributed by atoms with Gasteiger partial charge in [-0.15, -0.1) is 0 Å². The number of imidazole rings is 1. The molecule has 0 atom stereocenters. The number of H-pyrrole nitrogens is 1. The minimum atomic E-state index is 0.319. The van der Waals surface area contributed by atoms with Crippen molar-refractivity contribution in [2.45, 2.75) is 19.8 Å². The average molecular weight is 255 g/mol. The number of nitrogens with two attached hydrogens (primary N) is 1. The van der Waals surface area contributed by atoms with Gasteiger partial charge in [-0.05, 0) is 18.1 Å². The van der Waals surface area contributed by atoms with Gasteiger partial charge in [-0.1, -0.05) is 26.0 Å². The van der Waals surface area contributed by atoms with Crippen molar-refractivity contribution in [1.82, 2.24) is 19.7 Å². The fourth-order valence-electron chi connectivity index (χ4n) is 2.39. The first-order chi connectivity index (χ1) is 9.09. The summed E-state index contributed by atoms with van der Waals surface area (Å²) in [5, 5.41) is 7.14. The molecule has 19 heavy (non-hydrogen) atoms. The van der Waals surface area contributed by atoms with Crippen molar-refractivity contribution >= 4 is 16.9 Å². The van der Waals surface area contributed by atoms with Crippen LogP contribution in [0.2, 0.25) is 0 Å². The third-order valence-corrected chi connectivity index (χ3v) is 3.41. The van der Waals surface area contributed by atoms with Gasteiger partial charge in [0.2, 0.25) is 0 Å². The molecule has 2 aromatic heterocycles. The van der Waals surface area contributed by atoms with Crippen LogP contribution in [0.4, 0.5) is 5.82 Å². The second-order valence-corrected chi connectivity index (χ2v) is 5.04. The molecule has 0 spiro atoms. The molecule has 0 aliphatic rings. The second-order valence-electron chi connectivity index (χ2n) is 5.04. The molecular formula is C14H17N5. The van der Waals surface area contributed by atoms with E-state index in [0.29, 0.717) is 11.7 Å². The van der Waals surface area contributed by atoms with Gasteiger partial charge in [0.15, 0.2) is 5.82 Å². The van der Waals surface area contributed by atoms with E-state index in [-0.39, 0.29) is 0 Å². The molecule has 0 aliphatic carbocycles. The Morgan fingerprint density at radius 1 is 1.26 bits per heavy atom. The highest BCUT2D eigenvalue weighted by atomic mass is 15.2. The van der Waals surface area contributed by atoms with Crippen molar-refractivity contribution in [3.63, 3.8) is 0 Å². The standard InChI is InChI=1S/C14H17N5/c1-8(2)12-11(13(15)18-17-12)14-16-9-6-4-5-7-10(9)19(14)3/h4-8H,1-3H3,(H3,15,17,18). The number of hydrogen-bond donors (Lipinski definition) is 2. The van der Waals surface area contributed by atoms with Gasteiger partial charge in [-0.2, -0.15) is 5.10 Å². The molecule has 0 unspecified atom stereocenters. The van der Waals surface area contributed by atoms with Gasteiger partial charge in [-0.25, -0.2) is 4.98 Å². The number of benzene rings is 1. The highest BCUT2D eigenvalue weighted by Crippen LogP contribution is 2.33. The summed E-state index contributed by atoms with van der Waals surface area (Å²) in [6.45, 7) is 4.22. The number of aromatic nitrogens is 4. The van der Waals surface area contributed by atoms with Crippen LogP contribution in [0, 0.1) is 0 Å². The average Bonchev–Trinajstić information content (AvgIpc) is 2.91. The molecule has 0 bridgehead atoms. The largest absolute Gasteiger partial charge is 0.382 e. The normalized spacial score (nSPS) is 11.6. The zero-order valence-corrected chi connectivity index (χ0v) is 11.3. The molecule has 3 rings (SSSR count). The van der Waals surface area contributed by atoms with Gasteiger partial charge in [0, 0.05) is 7.05 Å². The first-order valence-corrected chi connectivity index (χ1v) is 6.35. The fraction of sp³-hybridized carbons (Fsp3) is 0.286. The van der Waals surface area contributed by atoms with Gasteiger partial charge in [0.05, 0.1) is 22.3 Å². The Labute approximate surface area is 111 Å². The van der Waals surface area contributed by atoms with Crippen molar-refractivity contribution in [3.05, 3.63) is 30.0 Å². The van der Waals surface area contributed by atoms with Crippen LogP contribution >= 0.6 is 0 Å². The van der Waals surface area contributed by atoms with E-state index in [1.54, 1.807) is 0 Å². The Kier molecular flexibility index (Phi) is 2.55. The van der Waals surface area contributed by atoms with Crippen LogP contribution in [-0.4, -0.2) is 19.7 Å². The molecule has 1 aromatic carbocycles. The Balaban J connectivity index is 2.30. The number of fused-ring (bicyclic) bond motifs is 1. The molecule has 5 nitrogen and oxygen atoms in total. The molecular weight excluding hydrogens is 238 g/mol. The molecule has 98 valence electrons. The smallest absolute Gasteiger partial charge is 0.156 e. The maximum absolute atomic E-state index is 6.01. The zero-order valence-electron chi connectivity index (χ0n) is 11.3. The molecule has 3 aromatic rings. The summed E-state index contributed by atoms with van der Waals surface area (Å²) in [4.78, 5) is 4.68. The fourth-order valence-corrected chi connectivity index (χ4v) is 2.39. The van der Waals surface area contributed by atoms with Crippen molar-refractivity contribution in [2.75, 3.05) is 5.73 Å². The Hall–Kier alpha value is -2.30. The highest BCUT2D eigenvalue weighted by Gasteiger charge is 2.20. The molecule has 3 N–H and O–H groups in total. The number of nitrogen functional groups attached to an aromatic ring is 1. The Morgan fingerprint density at radius 3 is 2.68 bits per heavy atom. The van der Waals surface area contributed by atoms with E-state index in [9.17, 15) is 0 Å². The van der Waals surface area contributed by atoms with E-state index < -0.39 is 0 Å². The van der Waals surface area contributed by atoms with E-state index in [4.69, 9.17) is 5.73 Å². The number of nitrogens with zero attached hydrogens (tertiary/aromatic N) is 3. The van der Waals surface area contributed by atoms with E-state index in [1.807, 2.05) is 25.2 Å². The lowest BCUT2D eigenvalue weighted by Gasteiger charge is -2.07. The van der Waals surface area contributed by atoms with Crippen LogP contribution in [0.15, 0.2) is 24.3 Å². The molecule has 0 radical (unpaired) electrons. The summed E-state index contributed by atoms with van der Waals surface area (Å²) in [6.07, 6.45) is 0. The summed E-state index contributed by atoms with van der Waals surface area (Å²) >= 11 is 0. The number of nitrogens with one attached hydrogen (secondary N) is 1. The topological polar surface area (TPSA) is 72.5 Å². The number of aromatic amines is 1. The first kappa shape index (κ1) is 11.8. The van der Waals surface area contributed by atoms with Crippen LogP contribution in [-0.2, 0) is 7.05 Å². The SMILES string of the molecule is CC(C)c1[nH]nc(N)c1-c1nc2ccccc2n1C. The van der Waals surface area contributed by atoms with Gasteiger partial charge >= 0.3 is 0 Å². The second kappa shape index (κ2) is 4.12. The van der Waals surface area contributed by atoms with Gasteiger partial charge in [-0.3, -0.25) is 5.10 Å². The molecule has 0 saturated heterocycles. The third kappa shape index (κ3) is 1.69. The lowest BCUT2D eigenvalue weighted by molar-refractivity contribution is 0.809. The highest BCUT2D eigenvalue weighted by molar-refractivity contribution is 5.83. The molecule has 0 aliphatic heterocycles.